The minimum atomic E-state index is -1.14. The average molecular weight is 456 g/mol. The summed E-state index contributed by atoms with van der Waals surface area (Å²) in [6.45, 7) is 5.57. The van der Waals surface area contributed by atoms with Crippen molar-refractivity contribution in [3.63, 3.8) is 0 Å². The lowest BCUT2D eigenvalue weighted by Gasteiger charge is -2.17. The largest absolute Gasteiger partial charge is 0.489 e. The van der Waals surface area contributed by atoms with Crippen molar-refractivity contribution in [3.05, 3.63) is 70.9 Å². The number of nitrogens with zero attached hydrogens (tertiary/aromatic N) is 4. The number of pyridine rings is 1. The van der Waals surface area contributed by atoms with E-state index in [1.807, 2.05) is 11.3 Å². The number of ether oxygens (including phenoxy) is 1. The molecule has 0 amide bonds. The first-order valence-corrected chi connectivity index (χ1v) is 10.6. The van der Waals surface area contributed by atoms with Crippen LogP contribution >= 0.6 is 0 Å². The molecule has 4 rings (SSSR count). The Hall–Kier alpha value is -3.30. The lowest BCUT2D eigenvalue weighted by molar-refractivity contribution is 0.0721. The van der Waals surface area contributed by atoms with Crippen molar-refractivity contribution in [2.75, 3.05) is 6.61 Å². The van der Waals surface area contributed by atoms with Crippen molar-refractivity contribution in [1.29, 1.82) is 0 Å². The summed E-state index contributed by atoms with van der Waals surface area (Å²) in [4.78, 5) is 4.29. The number of aryl methyl sites for hydroxylation is 1. The third-order valence-electron chi connectivity index (χ3n) is 5.79. The molecule has 0 unspecified atom stereocenters. The van der Waals surface area contributed by atoms with Crippen molar-refractivity contribution in [2.45, 2.75) is 39.3 Å². The fourth-order valence-electron chi connectivity index (χ4n) is 3.94. The lowest BCUT2D eigenvalue weighted by atomic mass is 9.98. The van der Waals surface area contributed by atoms with Gasteiger partial charge in [-0.15, -0.1) is 0 Å². The van der Waals surface area contributed by atoms with Gasteiger partial charge in [-0.1, -0.05) is 0 Å². The molecule has 4 aromatic rings. The molecular weight excluding hydrogens is 428 g/mol. The molecule has 0 aliphatic carbocycles. The van der Waals surface area contributed by atoms with Gasteiger partial charge in [-0.3, -0.25) is 4.68 Å². The van der Waals surface area contributed by atoms with Gasteiger partial charge in [-0.2, -0.15) is 9.49 Å². The number of aliphatic hydroxyl groups is 1. The fraction of sp³-hybridized carbons (Fsp3) is 0.333. The van der Waals surface area contributed by atoms with Crippen LogP contribution in [0.1, 0.15) is 36.5 Å². The first-order valence-electron chi connectivity index (χ1n) is 10.6. The van der Waals surface area contributed by atoms with E-state index < -0.39 is 17.2 Å². The van der Waals surface area contributed by atoms with E-state index in [0.717, 1.165) is 23.0 Å². The predicted octanol–water partition coefficient (Wildman–Crippen LogP) is 3.63. The normalized spacial score (nSPS) is 12.0. The van der Waals surface area contributed by atoms with Gasteiger partial charge in [-0.25, -0.2) is 9.37 Å². The van der Waals surface area contributed by atoms with Crippen molar-refractivity contribution in [2.24, 2.45) is 12.8 Å². The summed E-state index contributed by atoms with van der Waals surface area (Å²) in [5, 5.41) is 14.9. The molecule has 3 heterocycles. The number of halogens is 2. The smallest absolute Gasteiger partial charge is 0.201 e. The number of hydrogen-bond donors (Lipinski definition) is 2. The number of fused-ring (bicyclic) bond motifs is 1. The second kappa shape index (κ2) is 8.57. The van der Waals surface area contributed by atoms with E-state index in [4.69, 9.17) is 10.5 Å². The van der Waals surface area contributed by atoms with Gasteiger partial charge in [0, 0.05) is 48.6 Å². The summed E-state index contributed by atoms with van der Waals surface area (Å²) in [6, 6.07) is 6.14. The van der Waals surface area contributed by atoms with Crippen LogP contribution in [-0.2, 0) is 25.6 Å². The molecular formula is C24H27F2N5O2. The quantitative estimate of drug-likeness (QED) is 0.444. The van der Waals surface area contributed by atoms with Crippen LogP contribution < -0.4 is 10.5 Å². The highest BCUT2D eigenvalue weighted by Crippen LogP contribution is 2.35. The number of hydrogen-bond acceptors (Lipinski definition) is 5. The van der Waals surface area contributed by atoms with Crippen LogP contribution in [0.2, 0.25) is 0 Å². The Morgan fingerprint density at radius 3 is 2.64 bits per heavy atom. The summed E-state index contributed by atoms with van der Waals surface area (Å²) in [7, 11) is 1.79. The molecule has 3 N–H and O–H groups in total. The second-order valence-electron chi connectivity index (χ2n) is 8.53. The maximum atomic E-state index is 14.8. The Balaban J connectivity index is 1.67. The first-order chi connectivity index (χ1) is 15.6. The Morgan fingerprint density at radius 2 is 1.94 bits per heavy atom. The third-order valence-corrected chi connectivity index (χ3v) is 5.79. The number of benzene rings is 1. The topological polar surface area (TPSA) is 90.6 Å². The number of aromatic nitrogens is 4. The molecule has 0 bridgehead atoms. The Morgan fingerprint density at radius 1 is 1.18 bits per heavy atom. The van der Waals surface area contributed by atoms with Gasteiger partial charge >= 0.3 is 0 Å². The van der Waals surface area contributed by atoms with E-state index >= 15 is 0 Å². The highest BCUT2D eigenvalue weighted by molar-refractivity contribution is 5.71. The summed E-state index contributed by atoms with van der Waals surface area (Å²) in [5.74, 6) is -2.21. The molecule has 33 heavy (non-hydrogen) atoms. The molecule has 0 spiro atoms. The van der Waals surface area contributed by atoms with E-state index in [1.54, 1.807) is 50.1 Å². The Kier molecular flexibility index (Phi) is 5.94. The van der Waals surface area contributed by atoms with E-state index in [1.165, 1.54) is 6.07 Å². The molecule has 3 aromatic heterocycles. The van der Waals surface area contributed by atoms with Gasteiger partial charge in [0.05, 0.1) is 24.2 Å². The zero-order valence-corrected chi connectivity index (χ0v) is 19.1. The van der Waals surface area contributed by atoms with Gasteiger partial charge in [0.1, 0.15) is 11.2 Å². The minimum absolute atomic E-state index is 0.0738. The van der Waals surface area contributed by atoms with Crippen molar-refractivity contribution in [1.82, 2.24) is 19.2 Å². The molecule has 0 saturated heterocycles. The number of imidazole rings is 1. The Bertz CT molecular complexity index is 1320. The highest BCUT2D eigenvalue weighted by atomic mass is 19.2. The van der Waals surface area contributed by atoms with E-state index in [2.05, 4.69) is 10.1 Å². The molecule has 174 valence electrons. The second-order valence-corrected chi connectivity index (χ2v) is 8.53. The van der Waals surface area contributed by atoms with E-state index in [9.17, 15) is 13.9 Å². The number of nitrogens with two attached hydrogens (primary N) is 1. The molecule has 0 aliphatic heterocycles. The van der Waals surface area contributed by atoms with Crippen LogP contribution in [0.3, 0.4) is 0 Å². The van der Waals surface area contributed by atoms with Crippen LogP contribution in [0.5, 0.6) is 5.75 Å². The first kappa shape index (κ1) is 22.9. The Labute approximate surface area is 190 Å². The predicted molar refractivity (Wildman–Crippen MR) is 121 cm³/mol. The zero-order valence-electron chi connectivity index (χ0n) is 19.1. The SMILES string of the molecule is Cc1c(CCOc2c(-c3ccc4ncc(CN)n4c3)ccc(F)c2F)c(C(C)(C)O)nn1C. The van der Waals surface area contributed by atoms with Crippen LogP contribution in [0.4, 0.5) is 8.78 Å². The van der Waals surface area contributed by atoms with Gasteiger partial charge < -0.3 is 20.0 Å². The average Bonchev–Trinajstić information content (AvgIpc) is 3.31. The van der Waals surface area contributed by atoms with Gasteiger partial charge in [0.25, 0.3) is 0 Å². The van der Waals surface area contributed by atoms with Gasteiger partial charge in [0.2, 0.25) is 5.82 Å². The van der Waals surface area contributed by atoms with Crippen molar-refractivity contribution < 1.29 is 18.6 Å². The molecule has 0 fully saturated rings. The molecule has 0 radical (unpaired) electrons. The minimum Gasteiger partial charge on any atom is -0.489 e. The van der Waals surface area contributed by atoms with Crippen LogP contribution in [0.25, 0.3) is 16.8 Å². The third kappa shape index (κ3) is 4.21. The molecule has 0 saturated carbocycles. The standard InChI is InChI=1S/C24H27F2N5O2/c1-14-17(23(24(2,3)32)29-30(14)4)9-10-33-22-18(6-7-19(25)21(22)26)15-5-8-20-28-12-16(11-27)31(20)13-15/h5-8,12-13,32H,9-11,27H2,1-4H3. The van der Waals surface area contributed by atoms with Gasteiger partial charge in [-0.05, 0) is 45.0 Å². The molecule has 0 aliphatic rings. The lowest BCUT2D eigenvalue weighted by Crippen LogP contribution is -2.19. The maximum absolute atomic E-state index is 14.8. The fourth-order valence-corrected chi connectivity index (χ4v) is 3.94. The maximum Gasteiger partial charge on any atom is 0.201 e. The van der Waals surface area contributed by atoms with Crippen molar-refractivity contribution in [3.8, 4) is 16.9 Å². The van der Waals surface area contributed by atoms with E-state index in [-0.39, 0.29) is 12.4 Å². The summed E-state index contributed by atoms with van der Waals surface area (Å²) in [6.07, 6.45) is 3.83. The van der Waals surface area contributed by atoms with E-state index in [0.29, 0.717) is 35.4 Å². The molecule has 7 nitrogen and oxygen atoms in total. The molecule has 9 heteroatoms. The van der Waals surface area contributed by atoms with Crippen molar-refractivity contribution >= 4 is 5.65 Å². The van der Waals surface area contributed by atoms with Crippen LogP contribution in [0, 0.1) is 18.6 Å². The molecule has 1 aromatic carbocycles. The zero-order chi connectivity index (χ0) is 23.9. The highest BCUT2D eigenvalue weighted by Gasteiger charge is 2.26. The van der Waals surface area contributed by atoms with Crippen LogP contribution in [-0.4, -0.2) is 30.9 Å². The summed E-state index contributed by atoms with van der Waals surface area (Å²) in [5.41, 5.74) is 9.41. The van der Waals surface area contributed by atoms with Crippen LogP contribution in [0.15, 0.2) is 36.7 Å². The molecule has 0 atom stereocenters. The number of rotatable bonds is 7. The monoisotopic (exact) mass is 455 g/mol. The summed E-state index contributed by atoms with van der Waals surface area (Å²) < 4.78 is 38.2. The van der Waals surface area contributed by atoms with Gasteiger partial charge in [0.15, 0.2) is 11.6 Å². The summed E-state index contributed by atoms with van der Waals surface area (Å²) >= 11 is 0.